The number of esters is 1. The lowest BCUT2D eigenvalue weighted by Crippen LogP contribution is -2.35. The fourth-order valence-electron chi connectivity index (χ4n) is 2.79. The van der Waals surface area contributed by atoms with Crippen LogP contribution in [0, 0.1) is 0 Å². The number of carbonyl (C=O) groups is 3. The van der Waals surface area contributed by atoms with E-state index in [1.54, 1.807) is 11.0 Å². The molecule has 1 aromatic carbocycles. The molecule has 0 saturated carbocycles. The summed E-state index contributed by atoms with van der Waals surface area (Å²) < 4.78 is 5.06. The lowest BCUT2D eigenvalue weighted by atomic mass is 10.2. The molecule has 2 amide bonds. The summed E-state index contributed by atoms with van der Waals surface area (Å²) in [6.07, 6.45) is 3.06. The average molecular weight is 367 g/mol. The van der Waals surface area contributed by atoms with Gasteiger partial charge in [-0.25, -0.2) is 4.79 Å². The van der Waals surface area contributed by atoms with E-state index >= 15 is 0 Å². The number of hydrogen-bond donors (Lipinski definition) is 1. The fraction of sp³-hybridized carbons (Fsp3) is 0.500. The van der Waals surface area contributed by atoms with E-state index in [-0.39, 0.29) is 30.0 Å². The number of anilines is 1. The molecule has 1 aliphatic rings. The Hall–Kier alpha value is -2.08. The minimum absolute atomic E-state index is 0.0169. The Kier molecular flexibility index (Phi) is 6.82. The highest BCUT2D eigenvalue weighted by molar-refractivity contribution is 6.34. The normalized spacial score (nSPS) is 15.2. The van der Waals surface area contributed by atoms with Gasteiger partial charge in [0.25, 0.3) is 5.91 Å². The molecule has 0 spiro atoms. The molecule has 1 N–H and O–H groups in total. The number of carbonyl (C=O) groups excluding carboxylic acids is 3. The number of nitrogens with one attached hydrogen (secondary N) is 1. The molecule has 7 heteroatoms. The summed E-state index contributed by atoms with van der Waals surface area (Å²) in [5.74, 6) is -0.974. The van der Waals surface area contributed by atoms with E-state index in [1.165, 1.54) is 12.1 Å². The van der Waals surface area contributed by atoms with Gasteiger partial charge in [0, 0.05) is 19.0 Å². The first-order valence-corrected chi connectivity index (χ1v) is 8.86. The summed E-state index contributed by atoms with van der Waals surface area (Å²) in [7, 11) is 0. The highest BCUT2D eigenvalue weighted by atomic mass is 35.5. The van der Waals surface area contributed by atoms with Gasteiger partial charge in [-0.05, 0) is 38.0 Å². The first-order chi connectivity index (χ1) is 11.9. The van der Waals surface area contributed by atoms with Crippen molar-refractivity contribution in [3.63, 3.8) is 0 Å². The molecule has 0 unspecified atom stereocenters. The van der Waals surface area contributed by atoms with E-state index < -0.39 is 5.97 Å². The molecule has 0 radical (unpaired) electrons. The Bertz CT molecular complexity index is 662. The van der Waals surface area contributed by atoms with Gasteiger partial charge in [0.1, 0.15) is 0 Å². The van der Waals surface area contributed by atoms with Crippen LogP contribution in [0.2, 0.25) is 5.02 Å². The second-order valence-corrected chi connectivity index (χ2v) is 6.56. The minimum atomic E-state index is -0.622. The summed E-state index contributed by atoms with van der Waals surface area (Å²) >= 11 is 6.15. The van der Waals surface area contributed by atoms with Crippen molar-refractivity contribution >= 4 is 35.1 Å². The summed E-state index contributed by atoms with van der Waals surface area (Å²) in [6.45, 7) is 4.18. The van der Waals surface area contributed by atoms with E-state index in [0.717, 1.165) is 19.3 Å². The molecule has 0 aliphatic carbocycles. The second kappa shape index (κ2) is 8.85. The van der Waals surface area contributed by atoms with Gasteiger partial charge < -0.3 is 15.0 Å². The zero-order chi connectivity index (χ0) is 18.4. The van der Waals surface area contributed by atoms with Gasteiger partial charge in [0.05, 0.1) is 16.3 Å². The molecular weight excluding hydrogens is 344 g/mol. The highest BCUT2D eigenvalue weighted by Gasteiger charge is 2.24. The van der Waals surface area contributed by atoms with Crippen molar-refractivity contribution in [1.29, 1.82) is 0 Å². The summed E-state index contributed by atoms with van der Waals surface area (Å²) in [4.78, 5) is 37.4. The van der Waals surface area contributed by atoms with Crippen LogP contribution in [0.3, 0.4) is 0 Å². The molecule has 1 fully saturated rings. The Morgan fingerprint density at radius 2 is 2.16 bits per heavy atom. The van der Waals surface area contributed by atoms with Gasteiger partial charge >= 0.3 is 5.97 Å². The third-order valence-corrected chi connectivity index (χ3v) is 4.33. The molecule has 25 heavy (non-hydrogen) atoms. The van der Waals surface area contributed by atoms with Crippen LogP contribution in [-0.2, 0) is 14.3 Å². The second-order valence-electron chi connectivity index (χ2n) is 6.15. The maximum Gasteiger partial charge on any atom is 0.338 e. The lowest BCUT2D eigenvalue weighted by molar-refractivity contribution is -0.124. The van der Waals surface area contributed by atoms with Crippen molar-refractivity contribution in [2.75, 3.05) is 18.1 Å². The predicted octanol–water partition coefficient (Wildman–Crippen LogP) is 2.93. The Balaban J connectivity index is 1.98. The summed E-state index contributed by atoms with van der Waals surface area (Å²) in [5.41, 5.74) is 0.758. The van der Waals surface area contributed by atoms with Crippen molar-refractivity contribution < 1.29 is 19.1 Å². The largest absolute Gasteiger partial charge is 0.452 e. The molecule has 1 atom stereocenters. The number of benzene rings is 1. The molecule has 1 aliphatic heterocycles. The number of ether oxygens (including phenoxy) is 1. The van der Waals surface area contributed by atoms with Crippen LogP contribution in [0.25, 0.3) is 0 Å². The van der Waals surface area contributed by atoms with Crippen molar-refractivity contribution in [3.05, 3.63) is 28.8 Å². The number of halogens is 1. The molecule has 136 valence electrons. The SMILES string of the molecule is CCC[C@@H](C)NC(=O)COC(=O)c1ccc(Cl)c(N2CCCC2=O)c1. The minimum Gasteiger partial charge on any atom is -0.452 e. The summed E-state index contributed by atoms with van der Waals surface area (Å²) in [5, 5.41) is 3.17. The topological polar surface area (TPSA) is 75.7 Å². The van der Waals surface area contributed by atoms with E-state index in [9.17, 15) is 14.4 Å². The van der Waals surface area contributed by atoms with E-state index in [1.807, 2.05) is 13.8 Å². The molecular formula is C18H23ClN2O4. The first-order valence-electron chi connectivity index (χ1n) is 8.48. The molecule has 1 saturated heterocycles. The van der Waals surface area contributed by atoms with Crippen LogP contribution < -0.4 is 10.2 Å². The van der Waals surface area contributed by atoms with Crippen LogP contribution in [0.1, 0.15) is 49.9 Å². The maximum atomic E-state index is 12.2. The van der Waals surface area contributed by atoms with E-state index in [0.29, 0.717) is 23.7 Å². The highest BCUT2D eigenvalue weighted by Crippen LogP contribution is 2.30. The fourth-order valence-corrected chi connectivity index (χ4v) is 3.01. The van der Waals surface area contributed by atoms with Gasteiger partial charge in [0.2, 0.25) is 5.91 Å². The van der Waals surface area contributed by atoms with Gasteiger partial charge in [-0.1, -0.05) is 24.9 Å². The maximum absolute atomic E-state index is 12.2. The van der Waals surface area contributed by atoms with Crippen molar-refractivity contribution in [1.82, 2.24) is 5.32 Å². The van der Waals surface area contributed by atoms with Crippen LogP contribution in [0.15, 0.2) is 18.2 Å². The smallest absolute Gasteiger partial charge is 0.338 e. The van der Waals surface area contributed by atoms with Crippen LogP contribution in [-0.4, -0.2) is 37.0 Å². The zero-order valence-corrected chi connectivity index (χ0v) is 15.3. The van der Waals surface area contributed by atoms with Crippen LogP contribution in [0.5, 0.6) is 0 Å². The van der Waals surface area contributed by atoms with Gasteiger partial charge in [0.15, 0.2) is 6.61 Å². The van der Waals surface area contributed by atoms with E-state index in [4.69, 9.17) is 16.3 Å². The van der Waals surface area contributed by atoms with Crippen LogP contribution >= 0.6 is 11.6 Å². The van der Waals surface area contributed by atoms with E-state index in [2.05, 4.69) is 5.32 Å². The van der Waals surface area contributed by atoms with Gasteiger partial charge in [-0.3, -0.25) is 9.59 Å². The predicted molar refractivity (Wildman–Crippen MR) is 95.8 cm³/mol. The molecule has 2 rings (SSSR count). The molecule has 0 bridgehead atoms. The molecule has 1 heterocycles. The van der Waals surface area contributed by atoms with Crippen LogP contribution in [0.4, 0.5) is 5.69 Å². The molecule has 1 aromatic rings. The van der Waals surface area contributed by atoms with Crippen molar-refractivity contribution in [3.8, 4) is 0 Å². The quantitative estimate of drug-likeness (QED) is 0.753. The zero-order valence-electron chi connectivity index (χ0n) is 14.5. The van der Waals surface area contributed by atoms with Gasteiger partial charge in [-0.2, -0.15) is 0 Å². The first kappa shape index (κ1) is 19.2. The van der Waals surface area contributed by atoms with Crippen molar-refractivity contribution in [2.24, 2.45) is 0 Å². The average Bonchev–Trinajstić information content (AvgIpc) is 2.99. The standard InChI is InChI=1S/C18H23ClN2O4/c1-3-5-12(2)20-16(22)11-25-18(24)13-7-8-14(19)15(10-13)21-9-4-6-17(21)23/h7-8,10,12H,3-6,9,11H2,1-2H3,(H,20,22)/t12-/m1/s1. The number of hydrogen-bond acceptors (Lipinski definition) is 4. The Labute approximate surface area is 152 Å². The third-order valence-electron chi connectivity index (χ3n) is 4.01. The number of nitrogens with zero attached hydrogens (tertiary/aromatic N) is 1. The monoisotopic (exact) mass is 366 g/mol. The third kappa shape index (κ3) is 5.19. The Morgan fingerprint density at radius 1 is 1.40 bits per heavy atom. The lowest BCUT2D eigenvalue weighted by Gasteiger charge is -2.18. The molecule has 6 nitrogen and oxygen atoms in total. The number of rotatable bonds is 7. The van der Waals surface area contributed by atoms with Gasteiger partial charge in [-0.15, -0.1) is 0 Å². The Morgan fingerprint density at radius 3 is 2.80 bits per heavy atom. The summed E-state index contributed by atoms with van der Waals surface area (Å²) in [6, 6.07) is 4.65. The van der Waals surface area contributed by atoms with Crippen molar-refractivity contribution in [2.45, 2.75) is 45.6 Å². The number of amides is 2. The molecule has 0 aromatic heterocycles.